The van der Waals surface area contributed by atoms with Crippen molar-refractivity contribution in [2.75, 3.05) is 16.9 Å². The van der Waals surface area contributed by atoms with Crippen LogP contribution in [-0.4, -0.2) is 16.7 Å². The molecule has 1 aromatic carbocycles. The molecular weight excluding hydrogens is 252 g/mol. The third-order valence-electron chi connectivity index (χ3n) is 1.78. The second-order valence-electron chi connectivity index (χ2n) is 3.06. The molecule has 0 heterocycles. The van der Waals surface area contributed by atoms with Gasteiger partial charge in [0.25, 0.3) is 0 Å². The Kier molecular flexibility index (Phi) is 7.11. The van der Waals surface area contributed by atoms with Gasteiger partial charge in [-0.05, 0) is 24.3 Å². The normalized spacial score (nSPS) is 10.7. The molecule has 0 unspecified atom stereocenters. The third kappa shape index (κ3) is 6.09. The highest BCUT2D eigenvalue weighted by Crippen LogP contribution is 2.07. The first-order chi connectivity index (χ1) is 8.36. The molecule has 0 aliphatic heterocycles. The largest absolute Gasteiger partial charge is 0.299 e. The molecule has 0 aliphatic carbocycles. The molecule has 0 aliphatic rings. The van der Waals surface area contributed by atoms with Crippen LogP contribution in [0, 0.1) is 11.5 Å². The van der Waals surface area contributed by atoms with Crippen molar-refractivity contribution < 1.29 is 0 Å². The van der Waals surface area contributed by atoms with Gasteiger partial charge in [-0.3, -0.25) is 10.9 Å². The van der Waals surface area contributed by atoms with Gasteiger partial charge < -0.3 is 0 Å². The van der Waals surface area contributed by atoms with Crippen LogP contribution < -0.4 is 10.9 Å². The maximum absolute atomic E-state index is 8.56. The van der Waals surface area contributed by atoms with Gasteiger partial charge in [-0.15, -0.1) is 4.99 Å². The average molecular weight is 266 g/mol. The van der Waals surface area contributed by atoms with Crippen LogP contribution in [0.2, 0.25) is 0 Å². The van der Waals surface area contributed by atoms with E-state index in [9.17, 15) is 0 Å². The van der Waals surface area contributed by atoms with Crippen molar-refractivity contribution in [2.24, 2.45) is 4.99 Å². The number of thioether (sulfide) groups is 1. The summed E-state index contributed by atoms with van der Waals surface area (Å²) in [4.78, 5) is 3.70. The van der Waals surface area contributed by atoms with Crippen LogP contribution >= 0.6 is 24.4 Å². The Hall–Kier alpha value is -1.32. The number of nitrogens with one attached hydrogen (secondary N) is 2. The van der Waals surface area contributed by atoms with E-state index in [1.807, 2.05) is 30.3 Å². The van der Waals surface area contributed by atoms with Crippen molar-refractivity contribution in [3.05, 3.63) is 30.3 Å². The molecule has 6 heteroatoms. The second kappa shape index (κ2) is 8.79. The van der Waals surface area contributed by atoms with Crippen LogP contribution in [0.25, 0.3) is 0 Å². The van der Waals surface area contributed by atoms with Crippen molar-refractivity contribution in [3.8, 4) is 6.19 Å². The molecular formula is C11H14N4S2. The molecule has 0 radical (unpaired) electrons. The predicted octanol–water partition coefficient (Wildman–Crippen LogP) is 2.49. The molecule has 0 fully saturated rings. The fourth-order valence-corrected chi connectivity index (χ4v) is 2.10. The van der Waals surface area contributed by atoms with E-state index in [4.69, 9.17) is 5.26 Å². The highest BCUT2D eigenvalue weighted by atomic mass is 32.2. The zero-order valence-corrected chi connectivity index (χ0v) is 11.0. The van der Waals surface area contributed by atoms with Crippen molar-refractivity contribution in [1.82, 2.24) is 5.43 Å². The molecule has 4 nitrogen and oxygen atoms in total. The molecule has 1 rings (SSSR count). The van der Waals surface area contributed by atoms with E-state index < -0.39 is 0 Å². The van der Waals surface area contributed by atoms with Crippen LogP contribution in [0.15, 0.2) is 35.3 Å². The molecule has 17 heavy (non-hydrogen) atoms. The van der Waals surface area contributed by atoms with E-state index in [-0.39, 0.29) is 0 Å². The number of thiol groups is 1. The molecule has 0 aromatic heterocycles. The van der Waals surface area contributed by atoms with Crippen LogP contribution in [-0.2, 0) is 0 Å². The lowest BCUT2D eigenvalue weighted by Gasteiger charge is -2.10. The molecule has 2 N–H and O–H groups in total. The number of hydrogen-bond acceptors (Lipinski definition) is 5. The third-order valence-corrected chi connectivity index (χ3v) is 3.06. The lowest BCUT2D eigenvalue weighted by atomic mass is 10.3. The Morgan fingerprint density at radius 1 is 1.41 bits per heavy atom. The minimum atomic E-state index is 0.568. The molecule has 0 saturated heterocycles. The van der Waals surface area contributed by atoms with E-state index in [0.717, 1.165) is 23.6 Å². The predicted molar refractivity (Wildman–Crippen MR) is 77.2 cm³/mol. The van der Waals surface area contributed by atoms with Crippen molar-refractivity contribution in [3.63, 3.8) is 0 Å². The number of nitrogens with zero attached hydrogens (tertiary/aromatic N) is 2. The highest BCUT2D eigenvalue weighted by Gasteiger charge is 1.99. The van der Waals surface area contributed by atoms with Crippen molar-refractivity contribution >= 4 is 35.2 Å². The van der Waals surface area contributed by atoms with Gasteiger partial charge in [0.05, 0.1) is 5.69 Å². The zero-order chi connectivity index (χ0) is 12.3. The fraction of sp³-hybridized carbons (Fsp3) is 0.273. The van der Waals surface area contributed by atoms with Gasteiger partial charge >= 0.3 is 0 Å². The first-order valence-corrected chi connectivity index (χ1v) is 6.76. The summed E-state index contributed by atoms with van der Waals surface area (Å²) < 4.78 is 0. The number of benzene rings is 1. The molecule has 0 amide bonds. The molecule has 0 saturated carbocycles. The second-order valence-corrected chi connectivity index (χ2v) is 4.59. The Morgan fingerprint density at radius 3 is 2.82 bits per heavy atom. The van der Waals surface area contributed by atoms with E-state index in [2.05, 4.69) is 28.5 Å². The maximum Gasteiger partial charge on any atom is 0.208 e. The summed E-state index contributed by atoms with van der Waals surface area (Å²) in [6.45, 7) is 0. The fourth-order valence-electron chi connectivity index (χ4n) is 1.02. The van der Waals surface area contributed by atoms with Gasteiger partial charge in [0, 0.05) is 5.75 Å². The Balaban J connectivity index is 2.40. The number of aliphatic imine (C=N–C) groups is 1. The van der Waals surface area contributed by atoms with Crippen LogP contribution in [0.5, 0.6) is 0 Å². The minimum Gasteiger partial charge on any atom is -0.299 e. The average Bonchev–Trinajstić information content (AvgIpc) is 2.37. The SMILES string of the molecule is N#CN=C(NNc1ccccc1)SCCCS. The number of para-hydroxylation sites is 1. The van der Waals surface area contributed by atoms with E-state index in [0.29, 0.717) is 5.17 Å². The quantitative estimate of drug-likeness (QED) is 0.191. The lowest BCUT2D eigenvalue weighted by Crippen LogP contribution is -2.27. The summed E-state index contributed by atoms with van der Waals surface area (Å²) in [7, 11) is 0. The van der Waals surface area contributed by atoms with Crippen molar-refractivity contribution in [1.29, 1.82) is 5.26 Å². The number of nitriles is 1. The van der Waals surface area contributed by atoms with Gasteiger partial charge in [-0.25, -0.2) is 0 Å². The van der Waals surface area contributed by atoms with Crippen LogP contribution in [0.3, 0.4) is 0 Å². The Morgan fingerprint density at radius 2 is 2.18 bits per heavy atom. The summed E-state index contributed by atoms with van der Waals surface area (Å²) in [5, 5.41) is 9.12. The molecule has 1 aromatic rings. The summed E-state index contributed by atoms with van der Waals surface area (Å²) in [6, 6.07) is 9.65. The maximum atomic E-state index is 8.56. The van der Waals surface area contributed by atoms with Gasteiger partial charge in [0.1, 0.15) is 0 Å². The monoisotopic (exact) mass is 266 g/mol. The van der Waals surface area contributed by atoms with Crippen LogP contribution in [0.4, 0.5) is 5.69 Å². The minimum absolute atomic E-state index is 0.568. The smallest absolute Gasteiger partial charge is 0.208 e. The summed E-state index contributed by atoms with van der Waals surface area (Å²) in [5.74, 6) is 1.71. The molecule has 0 spiro atoms. The number of hydrogen-bond donors (Lipinski definition) is 3. The Bertz CT molecular complexity index is 386. The standard InChI is InChI=1S/C11H14N4S2/c12-9-13-11(17-8-4-7-16)15-14-10-5-2-1-3-6-10/h1-3,5-6,14,16H,4,7-8H2,(H,13,15). The molecule has 0 bridgehead atoms. The first kappa shape index (κ1) is 13.7. The number of amidine groups is 1. The molecule has 0 atom stereocenters. The van der Waals surface area contributed by atoms with Gasteiger partial charge in [-0.2, -0.15) is 17.9 Å². The number of rotatable bonds is 5. The van der Waals surface area contributed by atoms with Crippen LogP contribution in [0.1, 0.15) is 6.42 Å². The van der Waals surface area contributed by atoms with E-state index in [1.165, 1.54) is 11.8 Å². The zero-order valence-electron chi connectivity index (χ0n) is 9.26. The Labute approximate surface area is 111 Å². The lowest BCUT2D eigenvalue weighted by molar-refractivity contribution is 1.12. The summed E-state index contributed by atoms with van der Waals surface area (Å²) >= 11 is 5.63. The van der Waals surface area contributed by atoms with E-state index >= 15 is 0 Å². The highest BCUT2D eigenvalue weighted by molar-refractivity contribution is 8.13. The van der Waals surface area contributed by atoms with Gasteiger partial charge in [0.2, 0.25) is 6.19 Å². The first-order valence-electron chi connectivity index (χ1n) is 5.14. The van der Waals surface area contributed by atoms with E-state index in [1.54, 1.807) is 6.19 Å². The van der Waals surface area contributed by atoms with Crippen molar-refractivity contribution in [2.45, 2.75) is 6.42 Å². The van der Waals surface area contributed by atoms with Gasteiger partial charge in [0.15, 0.2) is 5.17 Å². The summed E-state index contributed by atoms with van der Waals surface area (Å²) in [6.07, 6.45) is 2.75. The molecule has 90 valence electrons. The van der Waals surface area contributed by atoms with Gasteiger partial charge in [-0.1, -0.05) is 30.0 Å². The number of hydrazine groups is 1. The summed E-state index contributed by atoms with van der Waals surface area (Å²) in [5.41, 5.74) is 6.82. The topological polar surface area (TPSA) is 60.2 Å². The number of anilines is 1.